The van der Waals surface area contributed by atoms with Gasteiger partial charge in [-0.15, -0.1) is 0 Å². The highest BCUT2D eigenvalue weighted by Crippen LogP contribution is 2.17. The van der Waals surface area contributed by atoms with Crippen molar-refractivity contribution in [1.29, 1.82) is 0 Å². The molecular weight excluding hydrogens is 322 g/mol. The van der Waals surface area contributed by atoms with Crippen LogP contribution in [0.3, 0.4) is 0 Å². The van der Waals surface area contributed by atoms with E-state index in [-0.39, 0.29) is 5.97 Å². The van der Waals surface area contributed by atoms with E-state index in [1.54, 1.807) is 18.7 Å². The topological polar surface area (TPSA) is 56.1 Å². The summed E-state index contributed by atoms with van der Waals surface area (Å²) >= 11 is 3.42. The predicted octanol–water partition coefficient (Wildman–Crippen LogP) is 2.97. The Morgan fingerprint density at radius 2 is 2.30 bits per heavy atom. The average molecular weight is 338 g/mol. The lowest BCUT2D eigenvalue weighted by Crippen LogP contribution is -2.12. The Morgan fingerprint density at radius 1 is 1.50 bits per heavy atom. The van der Waals surface area contributed by atoms with Gasteiger partial charge in [0.1, 0.15) is 5.56 Å². The van der Waals surface area contributed by atoms with Crippen LogP contribution in [0.25, 0.3) is 0 Å². The number of aryl methyl sites for hydroxylation is 1. The maximum atomic E-state index is 11.8. The van der Waals surface area contributed by atoms with Crippen LogP contribution in [-0.4, -0.2) is 22.4 Å². The van der Waals surface area contributed by atoms with Crippen molar-refractivity contribution in [3.05, 3.63) is 46.2 Å². The molecular formula is C14H16BrN3O2. The number of carbonyl (C=O) groups excluding carboxylic acids is 1. The number of anilines is 1. The average Bonchev–Trinajstić information content (AvgIpc) is 2.78. The number of benzene rings is 1. The number of halogens is 1. The summed E-state index contributed by atoms with van der Waals surface area (Å²) in [5, 5.41) is 7.38. The highest BCUT2D eigenvalue weighted by Gasteiger charge is 2.16. The van der Waals surface area contributed by atoms with Crippen molar-refractivity contribution in [2.45, 2.75) is 13.5 Å². The molecule has 5 nitrogen and oxygen atoms in total. The number of nitrogens with zero attached hydrogens (tertiary/aromatic N) is 2. The molecule has 0 unspecified atom stereocenters. The van der Waals surface area contributed by atoms with Gasteiger partial charge in [-0.25, -0.2) is 4.79 Å². The number of aromatic nitrogens is 2. The van der Waals surface area contributed by atoms with Crippen molar-refractivity contribution in [1.82, 2.24) is 9.78 Å². The summed E-state index contributed by atoms with van der Waals surface area (Å²) in [4.78, 5) is 11.8. The normalized spacial score (nSPS) is 10.3. The number of hydrogen-bond acceptors (Lipinski definition) is 4. The fraction of sp³-hybridized carbons (Fsp3) is 0.286. The molecule has 1 aromatic heterocycles. The quantitative estimate of drug-likeness (QED) is 0.852. The van der Waals surface area contributed by atoms with Crippen LogP contribution in [0.15, 0.2) is 34.9 Å². The fourth-order valence-electron chi connectivity index (χ4n) is 1.84. The van der Waals surface area contributed by atoms with Gasteiger partial charge in [0.15, 0.2) is 0 Å². The first kappa shape index (κ1) is 14.6. The summed E-state index contributed by atoms with van der Waals surface area (Å²) in [6, 6.07) is 7.84. The van der Waals surface area contributed by atoms with Gasteiger partial charge in [0, 0.05) is 17.2 Å². The monoisotopic (exact) mass is 337 g/mol. The minimum atomic E-state index is -0.341. The highest BCUT2D eigenvalue weighted by molar-refractivity contribution is 9.10. The van der Waals surface area contributed by atoms with Gasteiger partial charge in [0.2, 0.25) is 0 Å². The summed E-state index contributed by atoms with van der Waals surface area (Å²) in [7, 11) is 1.81. The summed E-state index contributed by atoms with van der Waals surface area (Å²) in [5.41, 5.74) is 2.26. The zero-order chi connectivity index (χ0) is 14.5. The van der Waals surface area contributed by atoms with Crippen LogP contribution in [0.2, 0.25) is 0 Å². The Balaban J connectivity index is 2.13. The number of esters is 1. The van der Waals surface area contributed by atoms with Gasteiger partial charge in [-0.3, -0.25) is 4.68 Å². The first-order valence-corrected chi connectivity index (χ1v) is 7.08. The van der Waals surface area contributed by atoms with Gasteiger partial charge in [-0.05, 0) is 25.1 Å². The van der Waals surface area contributed by atoms with Crippen molar-refractivity contribution < 1.29 is 9.53 Å². The summed E-state index contributed by atoms with van der Waals surface area (Å²) in [6.45, 7) is 2.64. The van der Waals surface area contributed by atoms with Gasteiger partial charge in [0.05, 0.1) is 25.0 Å². The standard InChI is InChI=1S/C14H16BrN3O2/c1-3-20-14(19)12-8-17-18(2)13(12)9-16-11-6-4-5-10(15)7-11/h4-8,16H,3,9H2,1-2H3. The minimum absolute atomic E-state index is 0.341. The van der Waals surface area contributed by atoms with Crippen LogP contribution < -0.4 is 5.32 Å². The Labute approximate surface area is 126 Å². The molecule has 0 atom stereocenters. The van der Waals surface area contributed by atoms with Crippen LogP contribution in [0.4, 0.5) is 5.69 Å². The van der Waals surface area contributed by atoms with E-state index in [0.717, 1.165) is 15.9 Å². The summed E-state index contributed by atoms with van der Waals surface area (Å²) in [5.74, 6) is -0.341. The van der Waals surface area contributed by atoms with E-state index in [4.69, 9.17) is 4.74 Å². The number of rotatable bonds is 5. The van der Waals surface area contributed by atoms with E-state index in [1.165, 1.54) is 6.20 Å². The molecule has 0 amide bonds. The SMILES string of the molecule is CCOC(=O)c1cnn(C)c1CNc1cccc(Br)c1. The van der Waals surface area contributed by atoms with Crippen LogP contribution in [-0.2, 0) is 18.3 Å². The summed E-state index contributed by atoms with van der Waals surface area (Å²) in [6.07, 6.45) is 1.54. The molecule has 6 heteroatoms. The molecule has 0 spiro atoms. The zero-order valence-electron chi connectivity index (χ0n) is 11.4. The Morgan fingerprint density at radius 3 is 3.00 bits per heavy atom. The maximum Gasteiger partial charge on any atom is 0.341 e. The molecule has 0 fully saturated rings. The van der Waals surface area contributed by atoms with E-state index in [2.05, 4.69) is 26.3 Å². The molecule has 0 saturated heterocycles. The molecule has 1 aromatic carbocycles. The molecule has 20 heavy (non-hydrogen) atoms. The van der Waals surface area contributed by atoms with Crippen molar-refractivity contribution in [3.8, 4) is 0 Å². The predicted molar refractivity (Wildman–Crippen MR) is 80.6 cm³/mol. The maximum absolute atomic E-state index is 11.8. The molecule has 0 aliphatic carbocycles. The Hall–Kier alpha value is -1.82. The Bertz CT molecular complexity index is 610. The molecule has 2 aromatic rings. The number of nitrogens with one attached hydrogen (secondary N) is 1. The smallest absolute Gasteiger partial charge is 0.341 e. The van der Waals surface area contributed by atoms with Crippen LogP contribution >= 0.6 is 15.9 Å². The second-order valence-electron chi connectivity index (χ2n) is 4.21. The molecule has 0 radical (unpaired) electrons. The molecule has 0 aliphatic heterocycles. The highest BCUT2D eigenvalue weighted by atomic mass is 79.9. The lowest BCUT2D eigenvalue weighted by molar-refractivity contribution is 0.0525. The number of ether oxygens (including phenoxy) is 1. The molecule has 0 saturated carbocycles. The lowest BCUT2D eigenvalue weighted by Gasteiger charge is -2.09. The fourth-order valence-corrected chi connectivity index (χ4v) is 2.24. The van der Waals surface area contributed by atoms with Gasteiger partial charge in [0.25, 0.3) is 0 Å². The largest absolute Gasteiger partial charge is 0.462 e. The molecule has 1 N–H and O–H groups in total. The third-order valence-corrected chi connectivity index (χ3v) is 3.33. The second-order valence-corrected chi connectivity index (χ2v) is 5.13. The molecule has 0 aliphatic rings. The molecule has 0 bridgehead atoms. The van der Waals surface area contributed by atoms with Crippen molar-refractivity contribution in [3.63, 3.8) is 0 Å². The van der Waals surface area contributed by atoms with E-state index < -0.39 is 0 Å². The first-order valence-electron chi connectivity index (χ1n) is 6.29. The van der Waals surface area contributed by atoms with Crippen LogP contribution in [0.1, 0.15) is 23.0 Å². The molecule has 106 valence electrons. The van der Waals surface area contributed by atoms with E-state index in [9.17, 15) is 4.79 Å². The van der Waals surface area contributed by atoms with E-state index in [0.29, 0.717) is 18.7 Å². The summed E-state index contributed by atoms with van der Waals surface area (Å²) < 4.78 is 7.70. The third-order valence-electron chi connectivity index (χ3n) is 2.84. The third kappa shape index (κ3) is 3.39. The van der Waals surface area contributed by atoms with Crippen molar-refractivity contribution >= 4 is 27.6 Å². The van der Waals surface area contributed by atoms with Gasteiger partial charge < -0.3 is 10.1 Å². The van der Waals surface area contributed by atoms with E-state index >= 15 is 0 Å². The molecule has 2 rings (SSSR count). The van der Waals surface area contributed by atoms with Crippen molar-refractivity contribution in [2.24, 2.45) is 7.05 Å². The molecule has 1 heterocycles. The second kappa shape index (κ2) is 6.56. The zero-order valence-corrected chi connectivity index (χ0v) is 13.0. The minimum Gasteiger partial charge on any atom is -0.462 e. The van der Waals surface area contributed by atoms with Crippen LogP contribution in [0.5, 0.6) is 0 Å². The van der Waals surface area contributed by atoms with Crippen molar-refractivity contribution in [2.75, 3.05) is 11.9 Å². The number of carbonyl (C=O) groups is 1. The van der Waals surface area contributed by atoms with Gasteiger partial charge in [-0.1, -0.05) is 22.0 Å². The Kier molecular flexibility index (Phi) is 4.79. The van der Waals surface area contributed by atoms with E-state index in [1.807, 2.05) is 24.3 Å². The lowest BCUT2D eigenvalue weighted by atomic mass is 10.2. The van der Waals surface area contributed by atoms with Crippen LogP contribution in [0, 0.1) is 0 Å². The van der Waals surface area contributed by atoms with Gasteiger partial charge >= 0.3 is 5.97 Å². The van der Waals surface area contributed by atoms with Gasteiger partial charge in [-0.2, -0.15) is 5.10 Å². The first-order chi connectivity index (χ1) is 9.61. The number of hydrogen-bond donors (Lipinski definition) is 1.